The standard InChI is InChI=1S/C21H21N3O3/c1-14-19(20-17(25)9-5-10-18(20)27-14)21(26)23-16(13-24-12-6-11-22-24)15-7-3-2-4-8-15/h2-4,6-8,11-12,16H,5,9-10,13H2,1H3,(H,23,26). The van der Waals surface area contributed by atoms with Gasteiger partial charge in [0.1, 0.15) is 11.5 Å². The number of ketones is 1. The van der Waals surface area contributed by atoms with E-state index in [2.05, 4.69) is 10.4 Å². The maximum atomic E-state index is 13.1. The van der Waals surface area contributed by atoms with Crippen LogP contribution in [0, 0.1) is 6.92 Å². The Hall–Kier alpha value is -3.15. The predicted molar refractivity (Wildman–Crippen MR) is 99.6 cm³/mol. The minimum absolute atomic E-state index is 0.0124. The van der Waals surface area contributed by atoms with Gasteiger partial charge < -0.3 is 9.73 Å². The van der Waals surface area contributed by atoms with Gasteiger partial charge in [-0.05, 0) is 25.0 Å². The summed E-state index contributed by atoms with van der Waals surface area (Å²) in [5.41, 5.74) is 1.81. The number of fused-ring (bicyclic) bond motifs is 1. The van der Waals surface area contributed by atoms with Crippen molar-refractivity contribution < 1.29 is 14.0 Å². The average Bonchev–Trinajstić information content (AvgIpc) is 3.29. The number of amides is 1. The van der Waals surface area contributed by atoms with Crippen molar-refractivity contribution >= 4 is 11.7 Å². The van der Waals surface area contributed by atoms with E-state index in [0.717, 1.165) is 12.0 Å². The number of carbonyl (C=O) groups is 2. The smallest absolute Gasteiger partial charge is 0.256 e. The van der Waals surface area contributed by atoms with E-state index in [0.29, 0.717) is 42.0 Å². The number of hydrogen-bond donors (Lipinski definition) is 1. The zero-order valence-corrected chi connectivity index (χ0v) is 15.1. The SMILES string of the molecule is Cc1oc2c(c1C(=O)NC(Cn1cccn1)c1ccccc1)C(=O)CCC2. The quantitative estimate of drug-likeness (QED) is 0.753. The van der Waals surface area contributed by atoms with Gasteiger partial charge in [0, 0.05) is 25.2 Å². The summed E-state index contributed by atoms with van der Waals surface area (Å²) in [5, 5.41) is 7.32. The van der Waals surface area contributed by atoms with Crippen LogP contribution in [0.4, 0.5) is 0 Å². The molecule has 0 bridgehead atoms. The van der Waals surface area contributed by atoms with E-state index in [4.69, 9.17) is 4.42 Å². The molecule has 138 valence electrons. The van der Waals surface area contributed by atoms with Crippen LogP contribution in [0.25, 0.3) is 0 Å². The molecule has 3 aromatic rings. The third-order valence-electron chi connectivity index (χ3n) is 4.91. The summed E-state index contributed by atoms with van der Waals surface area (Å²) >= 11 is 0. The molecule has 0 saturated heterocycles. The fraction of sp³-hybridized carbons (Fsp3) is 0.286. The Morgan fingerprint density at radius 2 is 2.07 bits per heavy atom. The van der Waals surface area contributed by atoms with Gasteiger partial charge in [-0.3, -0.25) is 14.3 Å². The number of hydrogen-bond acceptors (Lipinski definition) is 4. The van der Waals surface area contributed by atoms with Crippen LogP contribution in [-0.4, -0.2) is 21.5 Å². The minimum Gasteiger partial charge on any atom is -0.465 e. The highest BCUT2D eigenvalue weighted by Crippen LogP contribution is 2.30. The van der Waals surface area contributed by atoms with E-state index in [1.807, 2.05) is 42.6 Å². The molecular weight excluding hydrogens is 342 g/mol. The fourth-order valence-corrected chi connectivity index (χ4v) is 3.63. The largest absolute Gasteiger partial charge is 0.465 e. The zero-order valence-electron chi connectivity index (χ0n) is 15.1. The van der Waals surface area contributed by atoms with Crippen LogP contribution in [0.15, 0.2) is 53.2 Å². The molecular formula is C21H21N3O3. The third kappa shape index (κ3) is 3.43. The highest BCUT2D eigenvalue weighted by molar-refractivity contribution is 6.10. The Morgan fingerprint density at radius 3 is 2.81 bits per heavy atom. The number of aryl methyl sites for hydroxylation is 2. The van der Waals surface area contributed by atoms with Crippen molar-refractivity contribution in [1.82, 2.24) is 15.1 Å². The zero-order chi connectivity index (χ0) is 18.8. The van der Waals surface area contributed by atoms with Crippen molar-refractivity contribution in [3.63, 3.8) is 0 Å². The summed E-state index contributed by atoms with van der Waals surface area (Å²) in [7, 11) is 0. The van der Waals surface area contributed by atoms with E-state index in [-0.39, 0.29) is 17.7 Å². The Morgan fingerprint density at radius 1 is 1.26 bits per heavy atom. The van der Waals surface area contributed by atoms with Crippen LogP contribution in [-0.2, 0) is 13.0 Å². The first-order valence-corrected chi connectivity index (χ1v) is 9.12. The Bertz CT molecular complexity index is 958. The molecule has 2 heterocycles. The number of Topliss-reactive ketones (excluding diaryl/α,β-unsaturated/α-hetero) is 1. The molecule has 1 amide bonds. The first-order valence-electron chi connectivity index (χ1n) is 9.12. The highest BCUT2D eigenvalue weighted by Gasteiger charge is 2.31. The number of carbonyl (C=O) groups excluding carboxylic acids is 2. The maximum Gasteiger partial charge on any atom is 0.256 e. The van der Waals surface area contributed by atoms with Crippen molar-refractivity contribution in [2.75, 3.05) is 0 Å². The number of nitrogens with zero attached hydrogens (tertiary/aromatic N) is 2. The second kappa shape index (κ2) is 7.23. The molecule has 1 aliphatic carbocycles. The molecule has 27 heavy (non-hydrogen) atoms. The van der Waals surface area contributed by atoms with Crippen LogP contribution in [0.3, 0.4) is 0 Å². The third-order valence-corrected chi connectivity index (χ3v) is 4.91. The van der Waals surface area contributed by atoms with Crippen molar-refractivity contribution in [3.05, 3.63) is 77.0 Å². The van der Waals surface area contributed by atoms with Gasteiger partial charge in [-0.25, -0.2) is 0 Å². The average molecular weight is 363 g/mol. The van der Waals surface area contributed by atoms with Crippen LogP contribution in [0.5, 0.6) is 0 Å². The van der Waals surface area contributed by atoms with Gasteiger partial charge in [0.05, 0.1) is 23.7 Å². The molecule has 0 saturated carbocycles. The Balaban J connectivity index is 1.65. The molecule has 1 N–H and O–H groups in total. The summed E-state index contributed by atoms with van der Waals surface area (Å²) in [4.78, 5) is 25.5. The van der Waals surface area contributed by atoms with Gasteiger partial charge in [0.2, 0.25) is 0 Å². The van der Waals surface area contributed by atoms with E-state index >= 15 is 0 Å². The molecule has 1 aliphatic rings. The molecule has 0 radical (unpaired) electrons. The summed E-state index contributed by atoms with van der Waals surface area (Å²) in [6.07, 6.45) is 5.49. The van der Waals surface area contributed by atoms with E-state index < -0.39 is 0 Å². The van der Waals surface area contributed by atoms with Gasteiger partial charge in [-0.1, -0.05) is 30.3 Å². The number of nitrogens with one attached hydrogen (secondary N) is 1. The van der Waals surface area contributed by atoms with Crippen molar-refractivity contribution in [1.29, 1.82) is 0 Å². The second-order valence-corrected chi connectivity index (χ2v) is 6.77. The number of furan rings is 1. The summed E-state index contributed by atoms with van der Waals surface area (Å²) < 4.78 is 7.50. The minimum atomic E-state index is -0.284. The predicted octanol–water partition coefficient (Wildman–Crippen LogP) is 3.47. The van der Waals surface area contributed by atoms with E-state index in [1.165, 1.54) is 0 Å². The van der Waals surface area contributed by atoms with Gasteiger partial charge in [0.25, 0.3) is 5.91 Å². The van der Waals surface area contributed by atoms with Crippen LogP contribution in [0.2, 0.25) is 0 Å². The van der Waals surface area contributed by atoms with Crippen molar-refractivity contribution in [2.45, 2.75) is 38.8 Å². The molecule has 1 unspecified atom stereocenters. The lowest BCUT2D eigenvalue weighted by Crippen LogP contribution is -2.33. The van der Waals surface area contributed by atoms with Gasteiger partial charge >= 0.3 is 0 Å². The number of rotatable bonds is 5. The summed E-state index contributed by atoms with van der Waals surface area (Å²) in [6, 6.07) is 11.3. The molecule has 2 aromatic heterocycles. The molecule has 4 rings (SSSR count). The fourth-order valence-electron chi connectivity index (χ4n) is 3.63. The molecule has 6 heteroatoms. The Kier molecular flexibility index (Phi) is 4.62. The molecule has 1 aromatic carbocycles. The van der Waals surface area contributed by atoms with Gasteiger partial charge in [-0.15, -0.1) is 0 Å². The lowest BCUT2D eigenvalue weighted by atomic mass is 9.93. The molecule has 0 spiro atoms. The van der Waals surface area contributed by atoms with Gasteiger partial charge in [0.15, 0.2) is 5.78 Å². The second-order valence-electron chi connectivity index (χ2n) is 6.77. The van der Waals surface area contributed by atoms with Gasteiger partial charge in [-0.2, -0.15) is 5.10 Å². The van der Waals surface area contributed by atoms with Crippen LogP contribution in [0.1, 0.15) is 56.7 Å². The molecule has 0 fully saturated rings. The Labute approximate surface area is 157 Å². The number of benzene rings is 1. The summed E-state index contributed by atoms with van der Waals surface area (Å²) in [5.74, 6) is 0.839. The topological polar surface area (TPSA) is 77.1 Å². The highest BCUT2D eigenvalue weighted by atomic mass is 16.3. The van der Waals surface area contributed by atoms with Crippen molar-refractivity contribution in [3.8, 4) is 0 Å². The normalized spacial score (nSPS) is 14.6. The molecule has 0 aliphatic heterocycles. The van der Waals surface area contributed by atoms with E-state index in [1.54, 1.807) is 17.8 Å². The van der Waals surface area contributed by atoms with E-state index in [9.17, 15) is 9.59 Å². The lowest BCUT2D eigenvalue weighted by molar-refractivity contribution is 0.0912. The number of aromatic nitrogens is 2. The monoisotopic (exact) mass is 363 g/mol. The first kappa shape index (κ1) is 17.3. The molecule has 6 nitrogen and oxygen atoms in total. The van der Waals surface area contributed by atoms with Crippen LogP contribution >= 0.6 is 0 Å². The molecule has 1 atom stereocenters. The maximum absolute atomic E-state index is 13.1. The summed E-state index contributed by atoms with van der Waals surface area (Å²) in [6.45, 7) is 2.24. The lowest BCUT2D eigenvalue weighted by Gasteiger charge is -2.20. The van der Waals surface area contributed by atoms with Crippen LogP contribution < -0.4 is 5.32 Å². The first-order chi connectivity index (χ1) is 13.1. The van der Waals surface area contributed by atoms with Crippen molar-refractivity contribution in [2.24, 2.45) is 0 Å².